The Kier molecular flexibility index (Phi) is 5.72. The number of rotatable bonds is 7. The zero-order chi connectivity index (χ0) is 20.1. The van der Waals surface area contributed by atoms with Crippen molar-refractivity contribution in [2.45, 2.75) is 12.7 Å². The molecule has 9 heteroatoms. The predicted molar refractivity (Wildman–Crippen MR) is 96.2 cm³/mol. The van der Waals surface area contributed by atoms with Gasteiger partial charge in [0, 0.05) is 0 Å². The van der Waals surface area contributed by atoms with Crippen LogP contribution in [0.3, 0.4) is 0 Å². The lowest BCUT2D eigenvalue weighted by atomic mass is 10.3. The summed E-state index contributed by atoms with van der Waals surface area (Å²) in [6, 6.07) is 13.2. The molecular formula is C19H18F3N3O3. The molecule has 0 atom stereocenters. The highest BCUT2D eigenvalue weighted by atomic mass is 19.4. The van der Waals surface area contributed by atoms with Crippen LogP contribution in [-0.4, -0.2) is 35.7 Å². The second-order valence-corrected chi connectivity index (χ2v) is 5.86. The summed E-state index contributed by atoms with van der Waals surface area (Å²) in [5.41, 5.74) is 0.428. The highest BCUT2D eigenvalue weighted by molar-refractivity contribution is 5.81. The van der Waals surface area contributed by atoms with Crippen molar-refractivity contribution >= 4 is 16.9 Å². The molecule has 1 amide bonds. The molecule has 0 radical (unpaired) electrons. The molecule has 0 saturated heterocycles. The van der Waals surface area contributed by atoms with Gasteiger partial charge in [0.1, 0.15) is 13.2 Å². The van der Waals surface area contributed by atoms with Gasteiger partial charge in [-0.25, -0.2) is 4.98 Å². The molecule has 0 saturated carbocycles. The molecule has 6 nitrogen and oxygen atoms in total. The van der Waals surface area contributed by atoms with E-state index >= 15 is 0 Å². The van der Waals surface area contributed by atoms with Crippen molar-refractivity contribution in [1.29, 1.82) is 0 Å². The lowest BCUT2D eigenvalue weighted by Crippen LogP contribution is -2.32. The molecule has 2 aromatic carbocycles. The van der Waals surface area contributed by atoms with E-state index in [9.17, 15) is 18.0 Å². The van der Waals surface area contributed by atoms with Gasteiger partial charge < -0.3 is 19.4 Å². The lowest BCUT2D eigenvalue weighted by Gasteiger charge is -2.13. The third-order valence-corrected chi connectivity index (χ3v) is 3.96. The highest BCUT2D eigenvalue weighted by Crippen LogP contribution is 2.31. The number of para-hydroxylation sites is 4. The van der Waals surface area contributed by atoms with Crippen molar-refractivity contribution < 1.29 is 27.4 Å². The molecule has 148 valence electrons. The largest absolute Gasteiger partial charge is 0.493 e. The van der Waals surface area contributed by atoms with E-state index in [4.69, 9.17) is 9.47 Å². The number of carbonyl (C=O) groups is 1. The summed E-state index contributed by atoms with van der Waals surface area (Å²) >= 11 is 0. The molecule has 0 spiro atoms. The number of nitrogens with zero attached hydrogens (tertiary/aromatic N) is 2. The van der Waals surface area contributed by atoms with Crippen LogP contribution in [0.15, 0.2) is 48.5 Å². The molecule has 28 heavy (non-hydrogen) atoms. The topological polar surface area (TPSA) is 65.4 Å². The Labute approximate surface area is 158 Å². The molecule has 0 aliphatic carbocycles. The number of ether oxygens (including phenoxy) is 2. The Bertz CT molecular complexity index is 970. The van der Waals surface area contributed by atoms with Crippen LogP contribution in [0, 0.1) is 0 Å². The van der Waals surface area contributed by atoms with Crippen molar-refractivity contribution in [2.75, 3.05) is 20.3 Å². The molecule has 3 rings (SSSR count). The maximum Gasteiger partial charge on any atom is 0.449 e. The van der Waals surface area contributed by atoms with Gasteiger partial charge in [0.2, 0.25) is 11.7 Å². The standard InChI is InChI=1S/C19H18F3N3O3/c1-27-15-8-4-5-9-16(15)28-11-10-23-17(26)12-25-14-7-3-2-6-13(14)24-18(25)19(20,21)22/h2-9H,10-12H2,1H3,(H,23,26). The lowest BCUT2D eigenvalue weighted by molar-refractivity contribution is -0.147. The van der Waals surface area contributed by atoms with Crippen LogP contribution in [0.5, 0.6) is 11.5 Å². The number of fused-ring (bicyclic) bond motifs is 1. The van der Waals surface area contributed by atoms with Crippen LogP contribution < -0.4 is 14.8 Å². The highest BCUT2D eigenvalue weighted by Gasteiger charge is 2.37. The van der Waals surface area contributed by atoms with Crippen LogP contribution in [0.25, 0.3) is 11.0 Å². The summed E-state index contributed by atoms with van der Waals surface area (Å²) in [6.07, 6.45) is -4.66. The first-order valence-corrected chi connectivity index (χ1v) is 8.45. The number of imidazole rings is 1. The smallest absolute Gasteiger partial charge is 0.449 e. The summed E-state index contributed by atoms with van der Waals surface area (Å²) in [7, 11) is 1.51. The Morgan fingerprint density at radius 2 is 1.79 bits per heavy atom. The van der Waals surface area contributed by atoms with Crippen LogP contribution in [-0.2, 0) is 17.5 Å². The molecular weight excluding hydrogens is 375 g/mol. The normalized spacial score (nSPS) is 11.4. The van der Waals surface area contributed by atoms with Crippen molar-refractivity contribution in [3.05, 3.63) is 54.4 Å². The minimum absolute atomic E-state index is 0.130. The number of halogens is 3. The fourth-order valence-corrected chi connectivity index (χ4v) is 2.74. The van der Waals surface area contributed by atoms with E-state index < -0.39 is 24.5 Å². The van der Waals surface area contributed by atoms with Crippen LogP contribution in [0.1, 0.15) is 5.82 Å². The van der Waals surface area contributed by atoms with E-state index in [-0.39, 0.29) is 24.2 Å². The van der Waals surface area contributed by atoms with Gasteiger partial charge >= 0.3 is 6.18 Å². The maximum atomic E-state index is 13.3. The van der Waals surface area contributed by atoms with Crippen molar-refractivity contribution in [3.8, 4) is 11.5 Å². The molecule has 0 bridgehead atoms. The van der Waals surface area contributed by atoms with E-state index in [2.05, 4.69) is 10.3 Å². The number of benzene rings is 2. The van der Waals surface area contributed by atoms with E-state index in [1.54, 1.807) is 36.4 Å². The predicted octanol–water partition coefficient (Wildman–Crippen LogP) is 3.26. The zero-order valence-corrected chi connectivity index (χ0v) is 15.0. The first-order valence-electron chi connectivity index (χ1n) is 8.45. The van der Waals surface area contributed by atoms with Gasteiger partial charge in [0.25, 0.3) is 0 Å². The minimum Gasteiger partial charge on any atom is -0.493 e. The van der Waals surface area contributed by atoms with E-state index in [1.807, 2.05) is 0 Å². The van der Waals surface area contributed by atoms with Gasteiger partial charge in [0.15, 0.2) is 11.5 Å². The first-order chi connectivity index (χ1) is 13.4. The Balaban J connectivity index is 1.62. The van der Waals surface area contributed by atoms with Crippen molar-refractivity contribution in [2.24, 2.45) is 0 Å². The molecule has 1 N–H and O–H groups in total. The second-order valence-electron chi connectivity index (χ2n) is 5.86. The summed E-state index contributed by atoms with van der Waals surface area (Å²) in [5.74, 6) is -0.612. The minimum atomic E-state index is -4.66. The Hall–Kier alpha value is -3.23. The molecule has 0 aliphatic rings. The van der Waals surface area contributed by atoms with Gasteiger partial charge in [-0.2, -0.15) is 13.2 Å². The average Bonchev–Trinajstić information content (AvgIpc) is 3.04. The van der Waals surface area contributed by atoms with Gasteiger partial charge in [-0.3, -0.25) is 4.79 Å². The van der Waals surface area contributed by atoms with Gasteiger partial charge in [-0.1, -0.05) is 24.3 Å². The third kappa shape index (κ3) is 4.36. The average molecular weight is 393 g/mol. The number of hydrogen-bond donors (Lipinski definition) is 1. The second kappa shape index (κ2) is 8.20. The molecule has 3 aromatic rings. The number of hydrogen-bond acceptors (Lipinski definition) is 4. The molecule has 0 aliphatic heterocycles. The number of carbonyl (C=O) groups excluding carboxylic acids is 1. The van der Waals surface area contributed by atoms with Gasteiger partial charge in [0.05, 0.1) is 24.7 Å². The first kappa shape index (κ1) is 19.5. The summed E-state index contributed by atoms with van der Waals surface area (Å²) in [5, 5.41) is 2.55. The van der Waals surface area contributed by atoms with Crippen molar-refractivity contribution in [1.82, 2.24) is 14.9 Å². The molecule has 0 fully saturated rings. The third-order valence-electron chi connectivity index (χ3n) is 3.96. The Morgan fingerprint density at radius 3 is 2.50 bits per heavy atom. The van der Waals surface area contributed by atoms with Crippen LogP contribution >= 0.6 is 0 Å². The van der Waals surface area contributed by atoms with Gasteiger partial charge in [-0.15, -0.1) is 0 Å². The number of amides is 1. The van der Waals surface area contributed by atoms with E-state index in [1.165, 1.54) is 19.2 Å². The van der Waals surface area contributed by atoms with E-state index in [0.717, 1.165) is 4.57 Å². The van der Waals surface area contributed by atoms with Gasteiger partial charge in [-0.05, 0) is 24.3 Å². The fourth-order valence-electron chi connectivity index (χ4n) is 2.74. The summed E-state index contributed by atoms with van der Waals surface area (Å²) in [4.78, 5) is 15.8. The molecule has 1 heterocycles. The quantitative estimate of drug-likeness (QED) is 0.626. The number of aromatic nitrogens is 2. The number of alkyl halides is 3. The van der Waals surface area contributed by atoms with Crippen LogP contribution in [0.4, 0.5) is 13.2 Å². The van der Waals surface area contributed by atoms with Crippen molar-refractivity contribution in [3.63, 3.8) is 0 Å². The number of nitrogens with one attached hydrogen (secondary N) is 1. The SMILES string of the molecule is COc1ccccc1OCCNC(=O)Cn1c(C(F)(F)F)nc2ccccc21. The van der Waals surface area contributed by atoms with E-state index in [0.29, 0.717) is 11.5 Å². The monoisotopic (exact) mass is 393 g/mol. The molecule has 1 aromatic heterocycles. The maximum absolute atomic E-state index is 13.3. The zero-order valence-electron chi connectivity index (χ0n) is 15.0. The summed E-state index contributed by atoms with van der Waals surface area (Å²) < 4.78 is 51.3. The number of methoxy groups -OCH3 is 1. The summed E-state index contributed by atoms with van der Waals surface area (Å²) in [6.45, 7) is -0.224. The van der Waals surface area contributed by atoms with Crippen LogP contribution in [0.2, 0.25) is 0 Å². The fraction of sp³-hybridized carbons (Fsp3) is 0.263. The molecule has 0 unspecified atom stereocenters. The Morgan fingerprint density at radius 1 is 1.11 bits per heavy atom.